The number of hydrogen-bond donors (Lipinski definition) is 4. The first-order valence-corrected chi connectivity index (χ1v) is 10.3. The molecule has 1 aliphatic carbocycles. The number of nitrogens with zero attached hydrogens (tertiary/aromatic N) is 3. The SMILES string of the molecule is C1CCCC1.CC(C)NC=O.CC(C)c1cc(C(=O)Nc2ccn[nH]2)n(C)n1.CO. The third kappa shape index (κ3) is 11.4. The van der Waals surface area contributed by atoms with Crippen LogP contribution >= 0.6 is 0 Å². The summed E-state index contributed by atoms with van der Waals surface area (Å²) in [5, 5.41) is 23.0. The zero-order valence-electron chi connectivity index (χ0n) is 19.1. The quantitative estimate of drug-likeness (QED) is 0.551. The first-order chi connectivity index (χ1) is 14.3. The van der Waals surface area contributed by atoms with E-state index < -0.39 is 0 Å². The zero-order valence-corrected chi connectivity index (χ0v) is 19.1. The Kier molecular flexibility index (Phi) is 14.7. The number of aromatic nitrogens is 4. The van der Waals surface area contributed by atoms with Crippen molar-refractivity contribution in [3.8, 4) is 0 Å². The molecule has 9 heteroatoms. The summed E-state index contributed by atoms with van der Waals surface area (Å²) in [4.78, 5) is 21.5. The summed E-state index contributed by atoms with van der Waals surface area (Å²) < 4.78 is 1.58. The Balaban J connectivity index is 0.000000530. The summed E-state index contributed by atoms with van der Waals surface area (Å²) in [6, 6.07) is 3.77. The summed E-state index contributed by atoms with van der Waals surface area (Å²) in [5.74, 6) is 0.674. The molecule has 9 nitrogen and oxygen atoms in total. The molecule has 170 valence electrons. The van der Waals surface area contributed by atoms with Crippen molar-refractivity contribution >= 4 is 18.1 Å². The minimum absolute atomic E-state index is 0.198. The van der Waals surface area contributed by atoms with Crippen LogP contribution in [0.5, 0.6) is 0 Å². The standard InChI is InChI=1S/C11H15N5O.C5H10.C4H9NO.CH4O/c1-7(2)8-6-9(16(3)15-8)11(17)13-10-4-5-12-14-10;1-2-4-5-3-1;1-4(2)5-3-6;1-2/h4-7H,1-3H3,(H2,12,13,14,17);1-5H2;3-4H,1-2H3,(H,5,6);2H,1H3. The van der Waals surface area contributed by atoms with Crippen molar-refractivity contribution in [1.29, 1.82) is 0 Å². The van der Waals surface area contributed by atoms with Gasteiger partial charge in [0.2, 0.25) is 6.41 Å². The number of aromatic amines is 1. The number of hydrogen-bond acceptors (Lipinski definition) is 5. The van der Waals surface area contributed by atoms with E-state index in [1.165, 1.54) is 32.1 Å². The Bertz CT molecular complexity index is 684. The van der Waals surface area contributed by atoms with Crippen molar-refractivity contribution in [3.63, 3.8) is 0 Å². The second-order valence-corrected chi connectivity index (χ2v) is 7.36. The number of rotatable bonds is 5. The molecule has 4 N–H and O–H groups in total. The number of H-pyrrole nitrogens is 1. The molecule has 0 atom stereocenters. The fraction of sp³-hybridized carbons (Fsp3) is 0.619. The van der Waals surface area contributed by atoms with E-state index in [0.29, 0.717) is 23.8 Å². The van der Waals surface area contributed by atoms with Crippen LogP contribution in [0.2, 0.25) is 0 Å². The van der Waals surface area contributed by atoms with Gasteiger partial charge in [0.25, 0.3) is 5.91 Å². The van der Waals surface area contributed by atoms with Gasteiger partial charge in [-0.2, -0.15) is 10.2 Å². The number of carbonyl (C=O) groups excluding carboxylic acids is 2. The van der Waals surface area contributed by atoms with E-state index in [0.717, 1.165) is 12.8 Å². The van der Waals surface area contributed by atoms with Crippen molar-refractivity contribution in [2.45, 2.75) is 71.8 Å². The van der Waals surface area contributed by atoms with Crippen molar-refractivity contribution in [2.24, 2.45) is 7.05 Å². The zero-order chi connectivity index (χ0) is 22.9. The fourth-order valence-electron chi connectivity index (χ4n) is 2.52. The summed E-state index contributed by atoms with van der Waals surface area (Å²) in [6.07, 6.45) is 9.78. The Hall–Kier alpha value is -2.68. The van der Waals surface area contributed by atoms with Crippen molar-refractivity contribution in [3.05, 3.63) is 29.7 Å². The highest BCUT2D eigenvalue weighted by Gasteiger charge is 2.15. The molecule has 0 aromatic carbocycles. The molecule has 0 aliphatic heterocycles. The Morgan fingerprint density at radius 1 is 1.17 bits per heavy atom. The van der Waals surface area contributed by atoms with Gasteiger partial charge in [0.05, 0.1) is 11.9 Å². The molecule has 0 unspecified atom stereocenters. The number of amides is 2. The monoisotopic (exact) mass is 422 g/mol. The number of aliphatic hydroxyl groups excluding tert-OH is 1. The molecule has 1 aliphatic rings. The minimum atomic E-state index is -0.198. The third-order valence-corrected chi connectivity index (χ3v) is 4.12. The molecular weight excluding hydrogens is 384 g/mol. The number of nitrogens with one attached hydrogen (secondary N) is 3. The van der Waals surface area contributed by atoms with Crippen LogP contribution < -0.4 is 10.6 Å². The molecule has 0 bridgehead atoms. The van der Waals surface area contributed by atoms with Gasteiger partial charge < -0.3 is 15.7 Å². The second-order valence-electron chi connectivity index (χ2n) is 7.36. The Labute approximate surface area is 179 Å². The maximum absolute atomic E-state index is 11.9. The van der Waals surface area contributed by atoms with Gasteiger partial charge in [0.1, 0.15) is 11.5 Å². The maximum Gasteiger partial charge on any atom is 0.275 e. The molecular formula is C21H38N6O3. The van der Waals surface area contributed by atoms with Gasteiger partial charge in [-0.25, -0.2) is 0 Å². The molecule has 30 heavy (non-hydrogen) atoms. The average molecular weight is 423 g/mol. The molecule has 1 fully saturated rings. The van der Waals surface area contributed by atoms with Crippen LogP contribution in [0.1, 0.15) is 81.9 Å². The lowest BCUT2D eigenvalue weighted by Crippen LogP contribution is -2.19. The van der Waals surface area contributed by atoms with Crippen LogP contribution in [0.25, 0.3) is 0 Å². The van der Waals surface area contributed by atoms with Gasteiger partial charge in [-0.05, 0) is 25.8 Å². The van der Waals surface area contributed by atoms with Gasteiger partial charge in [-0.15, -0.1) is 0 Å². The summed E-state index contributed by atoms with van der Waals surface area (Å²) >= 11 is 0. The minimum Gasteiger partial charge on any atom is -0.400 e. The van der Waals surface area contributed by atoms with Crippen LogP contribution in [0, 0.1) is 0 Å². The molecule has 2 aromatic heterocycles. The van der Waals surface area contributed by atoms with Crippen LogP contribution in [0.4, 0.5) is 5.82 Å². The van der Waals surface area contributed by atoms with Gasteiger partial charge >= 0.3 is 0 Å². The highest BCUT2D eigenvalue weighted by molar-refractivity contribution is 6.02. The van der Waals surface area contributed by atoms with E-state index >= 15 is 0 Å². The molecule has 0 saturated heterocycles. The highest BCUT2D eigenvalue weighted by Crippen LogP contribution is 2.15. The van der Waals surface area contributed by atoms with Crippen molar-refractivity contribution in [2.75, 3.05) is 12.4 Å². The van der Waals surface area contributed by atoms with Crippen LogP contribution in [0.15, 0.2) is 18.3 Å². The first-order valence-electron chi connectivity index (χ1n) is 10.3. The predicted octanol–water partition coefficient (Wildman–Crippen LogP) is 3.22. The smallest absolute Gasteiger partial charge is 0.275 e. The molecule has 0 radical (unpaired) electrons. The van der Waals surface area contributed by atoms with E-state index in [4.69, 9.17) is 5.11 Å². The van der Waals surface area contributed by atoms with E-state index in [1.807, 2.05) is 27.7 Å². The molecule has 2 heterocycles. The number of anilines is 1. The van der Waals surface area contributed by atoms with Crippen molar-refractivity contribution < 1.29 is 14.7 Å². The second kappa shape index (κ2) is 16.2. The topological polar surface area (TPSA) is 125 Å². The summed E-state index contributed by atoms with van der Waals surface area (Å²) in [6.45, 7) is 7.90. The third-order valence-electron chi connectivity index (χ3n) is 4.12. The normalized spacial score (nSPS) is 12.0. The van der Waals surface area contributed by atoms with E-state index in [2.05, 4.69) is 25.9 Å². The lowest BCUT2D eigenvalue weighted by atomic mass is 10.1. The Morgan fingerprint density at radius 3 is 2.07 bits per heavy atom. The van der Waals surface area contributed by atoms with Crippen LogP contribution in [-0.4, -0.2) is 50.6 Å². The largest absolute Gasteiger partial charge is 0.400 e. The molecule has 2 aromatic rings. The predicted molar refractivity (Wildman–Crippen MR) is 119 cm³/mol. The summed E-state index contributed by atoms with van der Waals surface area (Å²) in [5.41, 5.74) is 1.44. The first kappa shape index (κ1) is 27.3. The lowest BCUT2D eigenvalue weighted by Gasteiger charge is -2.01. The van der Waals surface area contributed by atoms with Gasteiger partial charge in [0.15, 0.2) is 0 Å². The van der Waals surface area contributed by atoms with Crippen molar-refractivity contribution in [1.82, 2.24) is 25.3 Å². The fourth-order valence-corrected chi connectivity index (χ4v) is 2.52. The lowest BCUT2D eigenvalue weighted by molar-refractivity contribution is -0.109. The number of aryl methyl sites for hydroxylation is 1. The summed E-state index contributed by atoms with van der Waals surface area (Å²) in [7, 11) is 2.76. The molecule has 1 saturated carbocycles. The maximum atomic E-state index is 11.9. The van der Waals surface area contributed by atoms with E-state index in [9.17, 15) is 9.59 Å². The average Bonchev–Trinajstić information content (AvgIpc) is 3.47. The molecule has 0 spiro atoms. The number of aliphatic hydroxyl groups is 1. The van der Waals surface area contributed by atoms with E-state index in [1.54, 1.807) is 30.1 Å². The van der Waals surface area contributed by atoms with Gasteiger partial charge in [0, 0.05) is 26.3 Å². The number of carbonyl (C=O) groups is 2. The van der Waals surface area contributed by atoms with Crippen LogP contribution in [-0.2, 0) is 11.8 Å². The van der Waals surface area contributed by atoms with E-state index in [-0.39, 0.29) is 11.9 Å². The Morgan fingerprint density at radius 2 is 1.73 bits per heavy atom. The van der Waals surface area contributed by atoms with Crippen LogP contribution in [0.3, 0.4) is 0 Å². The molecule has 2 amide bonds. The van der Waals surface area contributed by atoms with Gasteiger partial charge in [-0.1, -0.05) is 46.0 Å². The van der Waals surface area contributed by atoms with Gasteiger partial charge in [-0.3, -0.25) is 19.4 Å². The molecule has 3 rings (SSSR count). The highest BCUT2D eigenvalue weighted by atomic mass is 16.2.